The lowest BCUT2D eigenvalue weighted by molar-refractivity contribution is 0.100. The molecule has 0 fully saturated rings. The van der Waals surface area contributed by atoms with Crippen molar-refractivity contribution in [3.8, 4) is 11.1 Å². The molecular weight excluding hydrogens is 219 g/mol. The van der Waals surface area contributed by atoms with Crippen molar-refractivity contribution in [1.29, 1.82) is 0 Å². The molecule has 0 aliphatic heterocycles. The molecular formula is C13H11FN2O. The number of primary amides is 1. The minimum absolute atomic E-state index is 0.241. The maximum absolute atomic E-state index is 13.5. The van der Waals surface area contributed by atoms with Crippen LogP contribution in [0.2, 0.25) is 0 Å². The van der Waals surface area contributed by atoms with Gasteiger partial charge in [-0.15, -0.1) is 0 Å². The van der Waals surface area contributed by atoms with Gasteiger partial charge in [0.2, 0.25) is 0 Å². The van der Waals surface area contributed by atoms with Crippen LogP contribution in [0, 0.1) is 5.82 Å². The van der Waals surface area contributed by atoms with Crippen molar-refractivity contribution in [2.45, 2.75) is 0 Å². The normalized spacial score (nSPS) is 10.2. The largest absolute Gasteiger partial charge is 0.398 e. The van der Waals surface area contributed by atoms with Crippen LogP contribution >= 0.6 is 0 Å². The topological polar surface area (TPSA) is 69.1 Å². The van der Waals surface area contributed by atoms with Crippen LogP contribution in [0.3, 0.4) is 0 Å². The highest BCUT2D eigenvalue weighted by molar-refractivity contribution is 5.98. The van der Waals surface area contributed by atoms with Gasteiger partial charge in [0.25, 0.3) is 5.91 Å². The highest BCUT2D eigenvalue weighted by Gasteiger charge is 2.09. The summed E-state index contributed by atoms with van der Waals surface area (Å²) >= 11 is 0. The van der Waals surface area contributed by atoms with Gasteiger partial charge in [0.1, 0.15) is 5.82 Å². The lowest BCUT2D eigenvalue weighted by atomic mass is 10.0. The molecule has 86 valence electrons. The van der Waals surface area contributed by atoms with Gasteiger partial charge in [0, 0.05) is 11.3 Å². The van der Waals surface area contributed by atoms with Crippen LogP contribution in [0.1, 0.15) is 10.4 Å². The lowest BCUT2D eigenvalue weighted by Crippen LogP contribution is -2.13. The van der Waals surface area contributed by atoms with Gasteiger partial charge < -0.3 is 11.5 Å². The molecule has 2 aromatic rings. The van der Waals surface area contributed by atoms with Crippen molar-refractivity contribution in [1.82, 2.24) is 0 Å². The number of nitrogens with two attached hydrogens (primary N) is 2. The molecule has 17 heavy (non-hydrogen) atoms. The van der Waals surface area contributed by atoms with Crippen LogP contribution in [-0.2, 0) is 0 Å². The van der Waals surface area contributed by atoms with Gasteiger partial charge in [-0.1, -0.05) is 24.3 Å². The van der Waals surface area contributed by atoms with Crippen molar-refractivity contribution in [2.75, 3.05) is 5.73 Å². The molecule has 0 heterocycles. The molecule has 0 saturated carbocycles. The second-order valence-electron chi connectivity index (χ2n) is 3.65. The van der Waals surface area contributed by atoms with Crippen molar-refractivity contribution in [2.24, 2.45) is 5.73 Å². The highest BCUT2D eigenvalue weighted by Crippen LogP contribution is 2.25. The number of rotatable bonds is 2. The molecule has 0 atom stereocenters. The maximum Gasteiger partial charge on any atom is 0.250 e. The highest BCUT2D eigenvalue weighted by atomic mass is 19.1. The van der Waals surface area contributed by atoms with Gasteiger partial charge in [0.15, 0.2) is 0 Å². The maximum atomic E-state index is 13.5. The molecule has 0 saturated heterocycles. The average Bonchev–Trinajstić information content (AvgIpc) is 2.29. The Morgan fingerprint density at radius 1 is 1.12 bits per heavy atom. The fourth-order valence-corrected chi connectivity index (χ4v) is 1.65. The zero-order valence-electron chi connectivity index (χ0n) is 8.98. The van der Waals surface area contributed by atoms with Gasteiger partial charge in [-0.25, -0.2) is 4.39 Å². The summed E-state index contributed by atoms with van der Waals surface area (Å²) in [5.74, 6) is -0.929. The Kier molecular flexibility index (Phi) is 2.78. The third kappa shape index (κ3) is 2.10. The fourth-order valence-electron chi connectivity index (χ4n) is 1.65. The molecule has 3 nitrogen and oxygen atoms in total. The van der Waals surface area contributed by atoms with E-state index in [2.05, 4.69) is 0 Å². The molecule has 0 aliphatic carbocycles. The minimum atomic E-state index is -0.595. The van der Waals surface area contributed by atoms with E-state index >= 15 is 0 Å². The molecule has 0 aliphatic rings. The van der Waals surface area contributed by atoms with Gasteiger partial charge in [-0.05, 0) is 23.8 Å². The van der Waals surface area contributed by atoms with Crippen LogP contribution in [0.4, 0.5) is 10.1 Å². The summed E-state index contributed by atoms with van der Waals surface area (Å²) in [6, 6.07) is 11.0. The van der Waals surface area contributed by atoms with Crippen LogP contribution in [-0.4, -0.2) is 5.91 Å². The van der Waals surface area contributed by atoms with Gasteiger partial charge in [0.05, 0.1) is 5.56 Å². The Bertz CT molecular complexity index is 581. The average molecular weight is 230 g/mol. The molecule has 0 aromatic heterocycles. The van der Waals surface area contributed by atoms with E-state index in [9.17, 15) is 9.18 Å². The van der Waals surface area contributed by atoms with E-state index in [1.54, 1.807) is 30.3 Å². The van der Waals surface area contributed by atoms with Crippen LogP contribution < -0.4 is 11.5 Å². The summed E-state index contributed by atoms with van der Waals surface area (Å²) in [7, 11) is 0. The van der Waals surface area contributed by atoms with E-state index in [4.69, 9.17) is 11.5 Å². The zero-order valence-corrected chi connectivity index (χ0v) is 8.98. The first-order valence-corrected chi connectivity index (χ1v) is 5.04. The number of anilines is 1. The Morgan fingerprint density at radius 2 is 1.82 bits per heavy atom. The van der Waals surface area contributed by atoms with E-state index in [1.165, 1.54) is 12.1 Å². The molecule has 4 N–H and O–H groups in total. The molecule has 0 spiro atoms. The third-order valence-electron chi connectivity index (χ3n) is 2.50. The Balaban J connectivity index is 2.52. The monoisotopic (exact) mass is 230 g/mol. The Hall–Kier alpha value is -2.36. The van der Waals surface area contributed by atoms with Crippen LogP contribution in [0.25, 0.3) is 11.1 Å². The first-order valence-electron chi connectivity index (χ1n) is 5.04. The first kappa shape index (κ1) is 11.1. The molecule has 0 bridgehead atoms. The summed E-state index contributed by atoms with van der Waals surface area (Å²) in [5.41, 5.74) is 12.4. The van der Waals surface area contributed by atoms with Crippen molar-refractivity contribution in [3.05, 3.63) is 53.8 Å². The molecule has 0 unspecified atom stereocenters. The van der Waals surface area contributed by atoms with Gasteiger partial charge in [-0.2, -0.15) is 0 Å². The molecule has 2 aromatic carbocycles. The van der Waals surface area contributed by atoms with Gasteiger partial charge >= 0.3 is 0 Å². The summed E-state index contributed by atoms with van der Waals surface area (Å²) < 4.78 is 13.5. The SMILES string of the molecule is NC(=O)c1ccc(-c2ccccc2F)cc1N. The number of hydrogen-bond donors (Lipinski definition) is 2. The second kappa shape index (κ2) is 4.25. The standard InChI is InChI=1S/C13H11FN2O/c14-11-4-2-1-3-9(11)8-5-6-10(13(16)17)12(15)7-8/h1-7H,15H2,(H2,16,17). The number of carbonyl (C=O) groups excluding carboxylic acids is 1. The number of carbonyl (C=O) groups is 1. The second-order valence-corrected chi connectivity index (χ2v) is 3.65. The first-order chi connectivity index (χ1) is 8.09. The molecule has 2 rings (SSSR count). The van der Waals surface area contributed by atoms with Gasteiger partial charge in [-0.3, -0.25) is 4.79 Å². The number of nitrogen functional groups attached to an aromatic ring is 1. The van der Waals surface area contributed by atoms with E-state index in [0.29, 0.717) is 11.1 Å². The van der Waals surface area contributed by atoms with E-state index in [0.717, 1.165) is 0 Å². The molecule has 4 heteroatoms. The number of benzene rings is 2. The number of amides is 1. The smallest absolute Gasteiger partial charge is 0.250 e. The Labute approximate surface area is 97.9 Å². The summed E-state index contributed by atoms with van der Waals surface area (Å²) in [6.45, 7) is 0. The molecule has 1 amide bonds. The number of halogens is 1. The number of hydrogen-bond acceptors (Lipinski definition) is 2. The van der Waals surface area contributed by atoms with Crippen LogP contribution in [0.5, 0.6) is 0 Å². The van der Waals surface area contributed by atoms with Crippen molar-refractivity contribution < 1.29 is 9.18 Å². The van der Waals surface area contributed by atoms with Crippen molar-refractivity contribution >= 4 is 11.6 Å². The summed E-state index contributed by atoms with van der Waals surface area (Å²) in [5, 5.41) is 0. The van der Waals surface area contributed by atoms with E-state index in [1.807, 2.05) is 0 Å². The third-order valence-corrected chi connectivity index (χ3v) is 2.50. The van der Waals surface area contributed by atoms with E-state index < -0.39 is 5.91 Å². The predicted molar refractivity (Wildman–Crippen MR) is 64.8 cm³/mol. The molecule has 0 radical (unpaired) electrons. The summed E-state index contributed by atoms with van der Waals surface area (Å²) in [6.07, 6.45) is 0. The quantitative estimate of drug-likeness (QED) is 0.776. The van der Waals surface area contributed by atoms with Crippen molar-refractivity contribution in [3.63, 3.8) is 0 Å². The fraction of sp³-hybridized carbons (Fsp3) is 0. The lowest BCUT2D eigenvalue weighted by Gasteiger charge is -2.06. The summed E-state index contributed by atoms with van der Waals surface area (Å²) in [4.78, 5) is 11.0. The van der Waals surface area contributed by atoms with Crippen LogP contribution in [0.15, 0.2) is 42.5 Å². The predicted octanol–water partition coefficient (Wildman–Crippen LogP) is 2.17. The minimum Gasteiger partial charge on any atom is -0.398 e. The Morgan fingerprint density at radius 3 is 2.41 bits per heavy atom. The zero-order chi connectivity index (χ0) is 12.4. The van der Waals surface area contributed by atoms with E-state index in [-0.39, 0.29) is 17.1 Å².